The Kier molecular flexibility index (Phi) is 79.4. The van der Waals surface area contributed by atoms with Gasteiger partial charge >= 0.3 is 39.5 Å². The van der Waals surface area contributed by atoms with E-state index in [9.17, 15) is 43.2 Å². The van der Waals surface area contributed by atoms with Crippen molar-refractivity contribution in [1.29, 1.82) is 0 Å². The molecule has 17 nitrogen and oxygen atoms in total. The number of carbonyl (C=O) groups is 4. The predicted octanol–water partition coefficient (Wildman–Crippen LogP) is 28.0. The largest absolute Gasteiger partial charge is 0.472 e. The molecule has 3 N–H and O–H groups in total. The summed E-state index contributed by atoms with van der Waals surface area (Å²) in [6, 6.07) is 0. The first-order valence-electron chi connectivity index (χ1n) is 46.8. The SMILES string of the molecule is CCCCCCCCCCCCCCCCCCCCCCCC(=O)OC[C@H](COP(=O)(O)OC[C@@H](O)COP(=O)(O)OC[C@@H](COC(=O)CCCCCCCCCCC(C)C)OC(=O)CCCCCCCCCCCCCCCCC(C)C)OC(=O)CCCCCCCCCCCCCCCCCCCCC(C)C. The molecule has 0 aliphatic carbocycles. The van der Waals surface area contributed by atoms with Crippen molar-refractivity contribution in [3.8, 4) is 0 Å². The molecule has 0 saturated carbocycles. The Morgan fingerprint density at radius 3 is 0.618 bits per heavy atom. The minimum Gasteiger partial charge on any atom is -0.462 e. The molecule has 110 heavy (non-hydrogen) atoms. The highest BCUT2D eigenvalue weighted by Crippen LogP contribution is 2.45. The maximum atomic E-state index is 13.2. The lowest BCUT2D eigenvalue weighted by atomic mass is 10.0. The number of phosphoric acid groups is 2. The topological polar surface area (TPSA) is 237 Å². The number of ether oxygens (including phenoxy) is 4. The van der Waals surface area contributed by atoms with Crippen LogP contribution in [0.4, 0.5) is 0 Å². The summed E-state index contributed by atoms with van der Waals surface area (Å²) < 4.78 is 69.1. The van der Waals surface area contributed by atoms with Crippen LogP contribution in [0.2, 0.25) is 0 Å². The average molecular weight is 1610 g/mol. The number of rotatable bonds is 89. The summed E-state index contributed by atoms with van der Waals surface area (Å²) in [5, 5.41) is 10.7. The van der Waals surface area contributed by atoms with E-state index >= 15 is 0 Å². The summed E-state index contributed by atoms with van der Waals surface area (Å²) in [7, 11) is -9.94. The van der Waals surface area contributed by atoms with Gasteiger partial charge in [-0.2, -0.15) is 0 Å². The molecule has 0 aliphatic heterocycles. The van der Waals surface area contributed by atoms with Gasteiger partial charge in [0, 0.05) is 25.7 Å². The molecule has 2 unspecified atom stereocenters. The van der Waals surface area contributed by atoms with Crippen LogP contribution in [0, 0.1) is 17.8 Å². The van der Waals surface area contributed by atoms with Gasteiger partial charge in [-0.05, 0) is 43.4 Å². The minimum atomic E-state index is -4.97. The molecule has 0 heterocycles. The van der Waals surface area contributed by atoms with Crippen molar-refractivity contribution in [2.75, 3.05) is 39.6 Å². The summed E-state index contributed by atoms with van der Waals surface area (Å²) >= 11 is 0. The van der Waals surface area contributed by atoms with Gasteiger partial charge in [0.15, 0.2) is 12.2 Å². The zero-order chi connectivity index (χ0) is 80.8. The van der Waals surface area contributed by atoms with Crippen molar-refractivity contribution in [2.24, 2.45) is 17.8 Å². The van der Waals surface area contributed by atoms with Gasteiger partial charge in [0.2, 0.25) is 0 Å². The summed E-state index contributed by atoms with van der Waals surface area (Å²) in [4.78, 5) is 73.4. The second kappa shape index (κ2) is 80.8. The van der Waals surface area contributed by atoms with E-state index in [0.717, 1.165) is 108 Å². The normalized spacial score (nSPS) is 13.8. The number of hydrogen-bond acceptors (Lipinski definition) is 15. The molecule has 0 radical (unpaired) electrons. The molecule has 19 heteroatoms. The highest BCUT2D eigenvalue weighted by atomic mass is 31.2. The fraction of sp³-hybridized carbons (Fsp3) is 0.956. The Bertz CT molecular complexity index is 2110. The molecule has 0 amide bonds. The first-order valence-corrected chi connectivity index (χ1v) is 49.8. The Balaban J connectivity index is 5.23. The third-order valence-electron chi connectivity index (χ3n) is 21.4. The first-order chi connectivity index (χ1) is 53.2. The van der Waals surface area contributed by atoms with Crippen LogP contribution >= 0.6 is 15.6 Å². The van der Waals surface area contributed by atoms with Crippen LogP contribution in [0.25, 0.3) is 0 Å². The quantitative estimate of drug-likeness (QED) is 0.0222. The van der Waals surface area contributed by atoms with Crippen molar-refractivity contribution in [2.45, 2.75) is 503 Å². The maximum Gasteiger partial charge on any atom is 0.472 e. The summed E-state index contributed by atoms with van der Waals surface area (Å²) in [6.45, 7) is 12.0. The van der Waals surface area contributed by atoms with Gasteiger partial charge in [0.25, 0.3) is 0 Å². The fourth-order valence-corrected chi connectivity index (χ4v) is 15.8. The Hall–Kier alpha value is -1.94. The average Bonchev–Trinajstić information content (AvgIpc) is 0.898. The van der Waals surface area contributed by atoms with Gasteiger partial charge in [0.05, 0.1) is 26.4 Å². The number of carbonyl (C=O) groups excluding carboxylic acids is 4. The van der Waals surface area contributed by atoms with Gasteiger partial charge in [-0.3, -0.25) is 37.3 Å². The molecule has 0 aliphatic rings. The van der Waals surface area contributed by atoms with E-state index in [1.54, 1.807) is 0 Å². The fourth-order valence-electron chi connectivity index (χ4n) is 14.3. The first kappa shape index (κ1) is 108. The van der Waals surface area contributed by atoms with Crippen LogP contribution in [0.15, 0.2) is 0 Å². The van der Waals surface area contributed by atoms with E-state index in [0.29, 0.717) is 25.7 Å². The number of aliphatic hydroxyl groups excluding tert-OH is 1. The van der Waals surface area contributed by atoms with Crippen molar-refractivity contribution in [3.05, 3.63) is 0 Å². The third kappa shape index (κ3) is 84.0. The smallest absolute Gasteiger partial charge is 0.462 e. The van der Waals surface area contributed by atoms with E-state index in [2.05, 4.69) is 48.5 Å². The van der Waals surface area contributed by atoms with Crippen molar-refractivity contribution in [3.63, 3.8) is 0 Å². The number of unbranched alkanes of at least 4 members (excludes halogenated alkanes) is 57. The second-order valence-corrected chi connectivity index (χ2v) is 37.0. The lowest BCUT2D eigenvalue weighted by Gasteiger charge is -2.21. The molecule has 0 aromatic rings. The zero-order valence-corrected chi connectivity index (χ0v) is 74.5. The molecule has 654 valence electrons. The molecule has 0 rings (SSSR count). The van der Waals surface area contributed by atoms with E-state index in [1.165, 1.54) is 295 Å². The molecule has 0 bridgehead atoms. The van der Waals surface area contributed by atoms with Crippen LogP contribution < -0.4 is 0 Å². The molecular weight excluding hydrogens is 1430 g/mol. The van der Waals surface area contributed by atoms with Gasteiger partial charge in [-0.1, -0.05) is 434 Å². The summed E-state index contributed by atoms with van der Waals surface area (Å²) in [6.07, 6.45) is 73.8. The monoisotopic (exact) mass is 1610 g/mol. The van der Waals surface area contributed by atoms with Crippen molar-refractivity contribution < 1.29 is 80.2 Å². The van der Waals surface area contributed by atoms with Gasteiger partial charge in [-0.15, -0.1) is 0 Å². The lowest BCUT2D eigenvalue weighted by molar-refractivity contribution is -0.161. The van der Waals surface area contributed by atoms with Crippen LogP contribution in [0.3, 0.4) is 0 Å². The van der Waals surface area contributed by atoms with Crippen LogP contribution in [-0.4, -0.2) is 96.7 Å². The van der Waals surface area contributed by atoms with Crippen LogP contribution in [0.1, 0.15) is 485 Å². The van der Waals surface area contributed by atoms with Gasteiger partial charge < -0.3 is 33.8 Å². The minimum absolute atomic E-state index is 0.107. The van der Waals surface area contributed by atoms with Crippen LogP contribution in [-0.2, 0) is 65.4 Å². The number of phosphoric ester groups is 2. The Labute approximate surface area is 677 Å². The molecule has 0 aromatic carbocycles. The number of hydrogen-bond donors (Lipinski definition) is 3. The van der Waals surface area contributed by atoms with E-state index in [1.807, 2.05) is 0 Å². The zero-order valence-electron chi connectivity index (χ0n) is 72.7. The van der Waals surface area contributed by atoms with Gasteiger partial charge in [-0.25, -0.2) is 9.13 Å². The molecule has 0 spiro atoms. The maximum absolute atomic E-state index is 13.2. The summed E-state index contributed by atoms with van der Waals surface area (Å²) in [5.74, 6) is 0.242. The van der Waals surface area contributed by atoms with E-state index in [-0.39, 0.29) is 25.7 Å². The van der Waals surface area contributed by atoms with E-state index < -0.39 is 97.5 Å². The molecule has 5 atom stereocenters. The number of esters is 4. The Morgan fingerprint density at radius 2 is 0.418 bits per heavy atom. The van der Waals surface area contributed by atoms with Crippen LogP contribution in [0.5, 0.6) is 0 Å². The Morgan fingerprint density at radius 1 is 0.245 bits per heavy atom. The highest BCUT2D eigenvalue weighted by Gasteiger charge is 2.31. The highest BCUT2D eigenvalue weighted by molar-refractivity contribution is 7.47. The van der Waals surface area contributed by atoms with Crippen molar-refractivity contribution >= 4 is 39.5 Å². The molecule has 0 fully saturated rings. The van der Waals surface area contributed by atoms with Gasteiger partial charge in [0.1, 0.15) is 19.3 Å². The lowest BCUT2D eigenvalue weighted by Crippen LogP contribution is -2.30. The third-order valence-corrected chi connectivity index (χ3v) is 23.3. The summed E-state index contributed by atoms with van der Waals surface area (Å²) in [5.41, 5.74) is 0. The van der Waals surface area contributed by atoms with E-state index in [4.69, 9.17) is 37.0 Å². The number of aliphatic hydroxyl groups is 1. The second-order valence-electron chi connectivity index (χ2n) is 34.1. The van der Waals surface area contributed by atoms with Crippen molar-refractivity contribution in [1.82, 2.24) is 0 Å². The molecule has 0 saturated heterocycles. The molecular formula is C91H178O17P2. The molecule has 0 aromatic heterocycles. The predicted molar refractivity (Wildman–Crippen MR) is 455 cm³/mol. The standard InChI is InChI=1S/C91H178O17P2/c1-8-9-10-11-12-13-14-15-16-17-18-19-20-24-27-33-38-43-51-58-65-72-88(93)101-78-86(107-90(95)74-67-60-53-44-39-34-28-25-22-21-23-26-31-36-41-48-55-62-69-82(2)3)80-105-109(97,98)103-76-85(92)77-104-110(99,100)106-81-87(79-102-89(94)73-66-59-52-47-46-50-57-64-71-84(6)7)108-91(96)75-68-61-54-45-40-35-30-29-32-37-42-49-56-63-70-83(4)5/h82-87,92H,8-81H2,1-7H3,(H,97,98)(H,99,100)/t85-,86-,87-/m1/s1.